The second-order valence-electron chi connectivity index (χ2n) is 5.65. The van der Waals surface area contributed by atoms with Crippen LogP contribution in [-0.2, 0) is 11.2 Å². The number of carbonyl (C=O) groups is 1. The van der Waals surface area contributed by atoms with E-state index in [0.29, 0.717) is 13.0 Å². The minimum atomic E-state index is -0.179. The molecule has 4 heteroatoms. The maximum atomic E-state index is 11.9. The van der Waals surface area contributed by atoms with Gasteiger partial charge in [0.2, 0.25) is 5.91 Å². The molecule has 1 aliphatic carbocycles. The van der Waals surface area contributed by atoms with Crippen LogP contribution in [0, 0.1) is 0 Å². The second-order valence-corrected chi connectivity index (χ2v) is 5.65. The van der Waals surface area contributed by atoms with Crippen molar-refractivity contribution in [1.82, 2.24) is 5.32 Å². The van der Waals surface area contributed by atoms with Gasteiger partial charge in [-0.15, -0.1) is 0 Å². The number of carbonyl (C=O) groups excluding carboxylic acids is 1. The summed E-state index contributed by atoms with van der Waals surface area (Å²) >= 11 is 0. The lowest BCUT2D eigenvalue weighted by Gasteiger charge is -2.26. The predicted molar refractivity (Wildman–Crippen MR) is 82.3 cm³/mol. The van der Waals surface area contributed by atoms with Crippen LogP contribution >= 0.6 is 0 Å². The lowest BCUT2D eigenvalue weighted by atomic mass is 9.93. The molecule has 0 saturated heterocycles. The van der Waals surface area contributed by atoms with Crippen LogP contribution < -0.4 is 10.1 Å². The van der Waals surface area contributed by atoms with Gasteiger partial charge in [0.15, 0.2) is 0 Å². The van der Waals surface area contributed by atoms with Gasteiger partial charge in [0.05, 0.1) is 12.7 Å². The summed E-state index contributed by atoms with van der Waals surface area (Å²) < 4.78 is 5.40. The number of hydrogen-bond acceptors (Lipinski definition) is 3. The van der Waals surface area contributed by atoms with Gasteiger partial charge in [0.25, 0.3) is 0 Å². The van der Waals surface area contributed by atoms with Crippen LogP contribution in [0.4, 0.5) is 0 Å². The van der Waals surface area contributed by atoms with Crippen molar-refractivity contribution >= 4 is 5.91 Å². The van der Waals surface area contributed by atoms with E-state index in [1.165, 1.54) is 0 Å². The van der Waals surface area contributed by atoms with Crippen LogP contribution in [0.1, 0.15) is 44.6 Å². The van der Waals surface area contributed by atoms with Gasteiger partial charge < -0.3 is 15.2 Å². The monoisotopic (exact) mass is 291 g/mol. The standard InChI is InChI=1S/C17H25NO3/c1-2-21-16-10-3-13(4-11-16)5-12-17(20)18-14-6-8-15(19)9-7-14/h3-4,10-11,14-15,19H,2,5-9,12H2,1H3,(H,18,20). The molecule has 0 aromatic heterocycles. The number of nitrogens with one attached hydrogen (secondary N) is 1. The van der Waals surface area contributed by atoms with Crippen LogP contribution in [0.15, 0.2) is 24.3 Å². The summed E-state index contributed by atoms with van der Waals surface area (Å²) in [7, 11) is 0. The van der Waals surface area contributed by atoms with Crippen molar-refractivity contribution in [3.05, 3.63) is 29.8 Å². The molecule has 2 rings (SSSR count). The average Bonchev–Trinajstić information content (AvgIpc) is 2.49. The number of hydrogen-bond donors (Lipinski definition) is 2. The van der Waals surface area contributed by atoms with Crippen molar-refractivity contribution in [2.75, 3.05) is 6.61 Å². The molecule has 0 radical (unpaired) electrons. The molecule has 0 atom stereocenters. The number of aryl methyl sites for hydroxylation is 1. The van der Waals surface area contributed by atoms with Gasteiger partial charge >= 0.3 is 0 Å². The van der Waals surface area contributed by atoms with Crippen LogP contribution in [0.5, 0.6) is 5.75 Å². The molecule has 0 heterocycles. The summed E-state index contributed by atoms with van der Waals surface area (Å²) in [6.07, 6.45) is 4.43. The lowest BCUT2D eigenvalue weighted by molar-refractivity contribution is -0.122. The van der Waals surface area contributed by atoms with Crippen molar-refractivity contribution in [3.8, 4) is 5.75 Å². The summed E-state index contributed by atoms with van der Waals surface area (Å²) in [4.78, 5) is 11.9. The minimum absolute atomic E-state index is 0.102. The van der Waals surface area contributed by atoms with E-state index in [9.17, 15) is 9.90 Å². The Hall–Kier alpha value is -1.55. The van der Waals surface area contributed by atoms with E-state index < -0.39 is 0 Å². The van der Waals surface area contributed by atoms with E-state index in [1.807, 2.05) is 31.2 Å². The molecule has 1 amide bonds. The molecule has 0 unspecified atom stereocenters. The van der Waals surface area contributed by atoms with E-state index >= 15 is 0 Å². The van der Waals surface area contributed by atoms with Crippen LogP contribution in [0.25, 0.3) is 0 Å². The third kappa shape index (κ3) is 5.38. The third-order valence-corrected chi connectivity index (χ3v) is 3.94. The van der Waals surface area contributed by atoms with E-state index in [4.69, 9.17) is 4.74 Å². The molecule has 116 valence electrons. The summed E-state index contributed by atoms with van der Waals surface area (Å²) in [6.45, 7) is 2.63. The fourth-order valence-electron chi connectivity index (χ4n) is 2.70. The lowest BCUT2D eigenvalue weighted by Crippen LogP contribution is -2.38. The van der Waals surface area contributed by atoms with Crippen molar-refractivity contribution in [2.45, 2.75) is 57.6 Å². The van der Waals surface area contributed by atoms with Crippen LogP contribution in [0.3, 0.4) is 0 Å². The Kier molecular flexibility index (Phi) is 6.05. The van der Waals surface area contributed by atoms with Gasteiger partial charge in [-0.3, -0.25) is 4.79 Å². The van der Waals surface area contributed by atoms with Gasteiger partial charge in [-0.2, -0.15) is 0 Å². The summed E-state index contributed by atoms with van der Waals surface area (Å²) in [5.41, 5.74) is 1.15. The molecule has 0 bridgehead atoms. The fourth-order valence-corrected chi connectivity index (χ4v) is 2.70. The zero-order valence-corrected chi connectivity index (χ0v) is 12.7. The van der Waals surface area contributed by atoms with Crippen molar-refractivity contribution < 1.29 is 14.6 Å². The summed E-state index contributed by atoms with van der Waals surface area (Å²) in [5, 5.41) is 12.5. The molecule has 1 aliphatic rings. The Bertz CT molecular complexity index is 436. The molecule has 1 fully saturated rings. The van der Waals surface area contributed by atoms with Gasteiger partial charge in [-0.25, -0.2) is 0 Å². The van der Waals surface area contributed by atoms with Crippen molar-refractivity contribution in [2.24, 2.45) is 0 Å². The number of aliphatic hydroxyl groups is 1. The van der Waals surface area contributed by atoms with Crippen molar-refractivity contribution in [1.29, 1.82) is 0 Å². The fraction of sp³-hybridized carbons (Fsp3) is 0.588. The summed E-state index contributed by atoms with van der Waals surface area (Å²) in [6, 6.07) is 8.14. The molecule has 21 heavy (non-hydrogen) atoms. The third-order valence-electron chi connectivity index (χ3n) is 3.94. The molecule has 1 saturated carbocycles. The maximum Gasteiger partial charge on any atom is 0.220 e. The molecular weight excluding hydrogens is 266 g/mol. The van der Waals surface area contributed by atoms with Gasteiger partial charge in [-0.1, -0.05) is 12.1 Å². The van der Waals surface area contributed by atoms with E-state index in [-0.39, 0.29) is 18.1 Å². The maximum absolute atomic E-state index is 11.9. The quantitative estimate of drug-likeness (QED) is 0.846. The smallest absolute Gasteiger partial charge is 0.220 e. The molecule has 0 spiro atoms. The first-order valence-electron chi connectivity index (χ1n) is 7.86. The Morgan fingerprint density at radius 3 is 2.52 bits per heavy atom. The van der Waals surface area contributed by atoms with E-state index in [1.54, 1.807) is 0 Å². The highest BCUT2D eigenvalue weighted by Crippen LogP contribution is 2.18. The number of rotatable bonds is 6. The van der Waals surface area contributed by atoms with Crippen LogP contribution in [0.2, 0.25) is 0 Å². The Labute approximate surface area is 126 Å². The molecule has 0 aliphatic heterocycles. The summed E-state index contributed by atoms with van der Waals surface area (Å²) in [5.74, 6) is 0.969. The second kappa shape index (κ2) is 8.03. The topological polar surface area (TPSA) is 58.6 Å². The number of aliphatic hydroxyl groups excluding tert-OH is 1. The zero-order chi connectivity index (χ0) is 15.1. The van der Waals surface area contributed by atoms with Gasteiger partial charge in [0.1, 0.15) is 5.75 Å². The minimum Gasteiger partial charge on any atom is -0.494 e. The van der Waals surface area contributed by atoms with E-state index in [2.05, 4.69) is 5.32 Å². The molecule has 1 aromatic rings. The van der Waals surface area contributed by atoms with Gasteiger partial charge in [-0.05, 0) is 56.7 Å². The number of ether oxygens (including phenoxy) is 1. The average molecular weight is 291 g/mol. The highest BCUT2D eigenvalue weighted by molar-refractivity contribution is 5.76. The van der Waals surface area contributed by atoms with Gasteiger partial charge in [0, 0.05) is 12.5 Å². The molecule has 4 nitrogen and oxygen atoms in total. The normalized spacial score (nSPS) is 21.8. The zero-order valence-electron chi connectivity index (χ0n) is 12.7. The predicted octanol–water partition coefficient (Wildman–Crippen LogP) is 2.44. The Balaban J connectivity index is 1.71. The first-order chi connectivity index (χ1) is 10.2. The SMILES string of the molecule is CCOc1ccc(CCC(=O)NC2CCC(O)CC2)cc1. The van der Waals surface area contributed by atoms with Crippen molar-refractivity contribution in [3.63, 3.8) is 0 Å². The molecule has 2 N–H and O–H groups in total. The van der Waals surface area contributed by atoms with E-state index in [0.717, 1.165) is 43.4 Å². The number of benzene rings is 1. The largest absolute Gasteiger partial charge is 0.494 e. The molecule has 1 aromatic carbocycles. The first-order valence-corrected chi connectivity index (χ1v) is 7.86. The number of amides is 1. The Morgan fingerprint density at radius 2 is 1.90 bits per heavy atom. The molecular formula is C17H25NO3. The Morgan fingerprint density at radius 1 is 1.24 bits per heavy atom. The highest BCUT2D eigenvalue weighted by atomic mass is 16.5. The highest BCUT2D eigenvalue weighted by Gasteiger charge is 2.20. The van der Waals surface area contributed by atoms with Crippen LogP contribution in [-0.4, -0.2) is 29.8 Å². The first kappa shape index (κ1) is 15.8.